The molecule has 0 bridgehead atoms. The van der Waals surface area contributed by atoms with Gasteiger partial charge in [-0.15, -0.1) is 0 Å². The van der Waals surface area contributed by atoms with Crippen LogP contribution in [0.3, 0.4) is 0 Å². The van der Waals surface area contributed by atoms with Gasteiger partial charge in [-0.25, -0.2) is 0 Å². The first-order valence-electron chi connectivity index (χ1n) is 4.48. The maximum absolute atomic E-state index is 5.67. The highest BCUT2D eigenvalue weighted by molar-refractivity contribution is 4.84. The van der Waals surface area contributed by atoms with Gasteiger partial charge in [0.1, 0.15) is 0 Å². The molecule has 2 atom stereocenters. The molecule has 2 aliphatic rings. The summed E-state index contributed by atoms with van der Waals surface area (Å²) in [5.74, 6) is 1.86. The van der Waals surface area contributed by atoms with Gasteiger partial charge in [-0.05, 0) is 37.5 Å². The summed E-state index contributed by atoms with van der Waals surface area (Å²) in [5, 5.41) is 0. The summed E-state index contributed by atoms with van der Waals surface area (Å²) < 4.78 is 5.67. The Morgan fingerprint density at radius 3 is 2.60 bits per heavy atom. The van der Waals surface area contributed by atoms with E-state index in [9.17, 15) is 0 Å². The van der Waals surface area contributed by atoms with E-state index >= 15 is 0 Å². The second-order valence-electron chi connectivity index (χ2n) is 3.88. The van der Waals surface area contributed by atoms with Crippen molar-refractivity contribution in [2.24, 2.45) is 11.8 Å². The molecule has 1 saturated heterocycles. The lowest BCUT2D eigenvalue weighted by Gasteiger charge is -2.27. The third-order valence-corrected chi connectivity index (χ3v) is 2.73. The van der Waals surface area contributed by atoms with E-state index in [-0.39, 0.29) is 0 Å². The molecule has 0 aromatic heterocycles. The van der Waals surface area contributed by atoms with E-state index in [0.29, 0.717) is 6.10 Å². The molecule has 1 nitrogen and oxygen atoms in total. The molecule has 1 aliphatic heterocycles. The van der Waals surface area contributed by atoms with Crippen LogP contribution in [0.2, 0.25) is 0 Å². The fourth-order valence-electron chi connectivity index (χ4n) is 1.80. The van der Waals surface area contributed by atoms with Crippen molar-refractivity contribution in [1.29, 1.82) is 0 Å². The van der Waals surface area contributed by atoms with Crippen molar-refractivity contribution in [3.05, 3.63) is 0 Å². The summed E-state index contributed by atoms with van der Waals surface area (Å²) in [5.41, 5.74) is 0. The van der Waals surface area contributed by atoms with Crippen LogP contribution < -0.4 is 0 Å². The molecule has 58 valence electrons. The van der Waals surface area contributed by atoms with Crippen molar-refractivity contribution >= 4 is 0 Å². The van der Waals surface area contributed by atoms with Crippen LogP contribution in [0.15, 0.2) is 0 Å². The Hall–Kier alpha value is -0.0400. The Bertz CT molecular complexity index is 118. The lowest BCUT2D eigenvalue weighted by molar-refractivity contribution is -0.0174. The molecule has 1 saturated carbocycles. The van der Waals surface area contributed by atoms with Gasteiger partial charge in [-0.3, -0.25) is 0 Å². The van der Waals surface area contributed by atoms with E-state index < -0.39 is 0 Å². The maximum Gasteiger partial charge on any atom is 0.0605 e. The topological polar surface area (TPSA) is 9.23 Å². The van der Waals surface area contributed by atoms with Gasteiger partial charge in [0.05, 0.1) is 6.10 Å². The van der Waals surface area contributed by atoms with E-state index in [1.54, 1.807) is 0 Å². The average molecular weight is 140 g/mol. The van der Waals surface area contributed by atoms with Crippen LogP contribution in [0.4, 0.5) is 0 Å². The minimum atomic E-state index is 0.642. The molecule has 1 aliphatic carbocycles. The summed E-state index contributed by atoms with van der Waals surface area (Å²) in [6.07, 6.45) is 6.10. The van der Waals surface area contributed by atoms with Gasteiger partial charge in [-0.2, -0.15) is 0 Å². The molecule has 2 rings (SSSR count). The van der Waals surface area contributed by atoms with Crippen LogP contribution in [-0.4, -0.2) is 12.7 Å². The zero-order valence-electron chi connectivity index (χ0n) is 6.68. The first-order valence-corrected chi connectivity index (χ1v) is 4.48. The molecule has 1 heteroatoms. The van der Waals surface area contributed by atoms with Crippen molar-refractivity contribution in [3.8, 4) is 0 Å². The minimum absolute atomic E-state index is 0.642. The lowest BCUT2D eigenvalue weighted by atomic mass is 9.95. The molecule has 0 amide bonds. The molecule has 10 heavy (non-hydrogen) atoms. The summed E-state index contributed by atoms with van der Waals surface area (Å²) in [6, 6.07) is 0. The van der Waals surface area contributed by atoms with Gasteiger partial charge in [-0.1, -0.05) is 6.92 Å². The summed E-state index contributed by atoms with van der Waals surface area (Å²) >= 11 is 0. The number of ether oxygens (including phenoxy) is 1. The van der Waals surface area contributed by atoms with Gasteiger partial charge in [0, 0.05) is 6.61 Å². The zero-order chi connectivity index (χ0) is 6.97. The lowest BCUT2D eigenvalue weighted by Crippen LogP contribution is -2.25. The molecule has 0 aromatic carbocycles. The number of rotatable bonds is 1. The normalized spacial score (nSPS) is 41.7. The van der Waals surface area contributed by atoms with E-state index in [0.717, 1.165) is 18.4 Å². The van der Waals surface area contributed by atoms with Gasteiger partial charge in [0.2, 0.25) is 0 Å². The van der Waals surface area contributed by atoms with Crippen LogP contribution >= 0.6 is 0 Å². The zero-order valence-corrected chi connectivity index (χ0v) is 6.68. The summed E-state index contributed by atoms with van der Waals surface area (Å²) in [6.45, 7) is 3.36. The molecule has 0 radical (unpaired) electrons. The Balaban J connectivity index is 1.84. The van der Waals surface area contributed by atoms with Gasteiger partial charge in [0.25, 0.3) is 0 Å². The van der Waals surface area contributed by atoms with E-state index in [2.05, 4.69) is 6.92 Å². The van der Waals surface area contributed by atoms with Crippen LogP contribution in [-0.2, 0) is 4.74 Å². The van der Waals surface area contributed by atoms with Crippen molar-refractivity contribution in [1.82, 2.24) is 0 Å². The largest absolute Gasteiger partial charge is 0.378 e. The smallest absolute Gasteiger partial charge is 0.0605 e. The first kappa shape index (κ1) is 6.66. The Labute approximate surface area is 62.8 Å². The molecule has 0 aromatic rings. The van der Waals surface area contributed by atoms with E-state index in [4.69, 9.17) is 4.74 Å². The van der Waals surface area contributed by atoms with Crippen LogP contribution in [0.5, 0.6) is 0 Å². The summed E-state index contributed by atoms with van der Waals surface area (Å²) in [7, 11) is 0. The Kier molecular flexibility index (Phi) is 1.69. The monoisotopic (exact) mass is 140 g/mol. The van der Waals surface area contributed by atoms with Gasteiger partial charge in [0.15, 0.2) is 0 Å². The molecule has 0 N–H and O–H groups in total. The molecule has 2 unspecified atom stereocenters. The van der Waals surface area contributed by atoms with E-state index in [1.807, 2.05) is 0 Å². The highest BCUT2D eigenvalue weighted by Crippen LogP contribution is 2.39. The predicted octanol–water partition coefficient (Wildman–Crippen LogP) is 2.21. The number of hydrogen-bond donors (Lipinski definition) is 0. The minimum Gasteiger partial charge on any atom is -0.378 e. The molecular weight excluding hydrogens is 124 g/mol. The van der Waals surface area contributed by atoms with Crippen LogP contribution in [0.1, 0.15) is 32.6 Å². The Morgan fingerprint density at radius 1 is 1.20 bits per heavy atom. The average Bonchev–Trinajstić information content (AvgIpc) is 2.68. The third-order valence-electron chi connectivity index (χ3n) is 2.73. The third kappa shape index (κ3) is 1.34. The second-order valence-corrected chi connectivity index (χ2v) is 3.88. The van der Waals surface area contributed by atoms with Crippen molar-refractivity contribution in [3.63, 3.8) is 0 Å². The van der Waals surface area contributed by atoms with E-state index in [1.165, 1.54) is 25.7 Å². The van der Waals surface area contributed by atoms with Gasteiger partial charge >= 0.3 is 0 Å². The van der Waals surface area contributed by atoms with Gasteiger partial charge < -0.3 is 4.74 Å². The van der Waals surface area contributed by atoms with Crippen molar-refractivity contribution in [2.75, 3.05) is 6.61 Å². The highest BCUT2D eigenvalue weighted by atomic mass is 16.5. The highest BCUT2D eigenvalue weighted by Gasteiger charge is 2.34. The van der Waals surface area contributed by atoms with Crippen LogP contribution in [0, 0.1) is 11.8 Å². The fourth-order valence-corrected chi connectivity index (χ4v) is 1.80. The second kappa shape index (κ2) is 2.54. The predicted molar refractivity (Wildman–Crippen MR) is 40.9 cm³/mol. The molecule has 2 fully saturated rings. The van der Waals surface area contributed by atoms with Crippen LogP contribution in [0.25, 0.3) is 0 Å². The first-order chi connectivity index (χ1) is 4.86. The SMILES string of the molecule is CC1CCOC(C2CC2)C1. The molecule has 0 spiro atoms. The summed E-state index contributed by atoms with van der Waals surface area (Å²) in [4.78, 5) is 0. The number of hydrogen-bond acceptors (Lipinski definition) is 1. The maximum atomic E-state index is 5.67. The standard InChI is InChI=1S/C9H16O/c1-7-4-5-10-9(6-7)8-2-3-8/h7-9H,2-6H2,1H3. The molecular formula is C9H16O. The Morgan fingerprint density at radius 2 is 2.00 bits per heavy atom. The van der Waals surface area contributed by atoms with Crippen molar-refractivity contribution in [2.45, 2.75) is 38.7 Å². The van der Waals surface area contributed by atoms with Crippen molar-refractivity contribution < 1.29 is 4.74 Å². The fraction of sp³-hybridized carbons (Fsp3) is 1.00. The molecule has 1 heterocycles. The quantitative estimate of drug-likeness (QED) is 0.542.